The molecule has 86 valence electrons. The summed E-state index contributed by atoms with van der Waals surface area (Å²) in [6.45, 7) is 0. The van der Waals surface area contributed by atoms with E-state index < -0.39 is 0 Å². The Bertz CT molecular complexity index is 667. The van der Waals surface area contributed by atoms with Crippen molar-refractivity contribution in [2.24, 2.45) is 0 Å². The van der Waals surface area contributed by atoms with Crippen LogP contribution >= 0.6 is 11.6 Å². The summed E-state index contributed by atoms with van der Waals surface area (Å²) >= 11 is 5.88. The number of nitrogens with zero attached hydrogens (tertiary/aromatic N) is 3. The molecule has 18 heavy (non-hydrogen) atoms. The minimum Gasteiger partial charge on any atom is -0.352 e. The first-order valence-electron chi connectivity index (χ1n) is 5.06. The maximum atomic E-state index is 9.00. The lowest BCUT2D eigenvalue weighted by Crippen LogP contribution is -1.97. The SMILES string of the molecule is N#Cc1ccc(Cl)cc1Nc1cccnc1C#N. The van der Waals surface area contributed by atoms with E-state index in [0.717, 1.165) is 0 Å². The third kappa shape index (κ3) is 2.40. The third-order valence-electron chi connectivity index (χ3n) is 2.29. The highest BCUT2D eigenvalue weighted by Gasteiger charge is 2.07. The minimum absolute atomic E-state index is 0.265. The minimum atomic E-state index is 0.265. The molecule has 0 fully saturated rings. The molecule has 1 aromatic carbocycles. The molecule has 4 nitrogen and oxygen atoms in total. The molecule has 2 aromatic rings. The lowest BCUT2D eigenvalue weighted by molar-refractivity contribution is 1.26. The fourth-order valence-corrected chi connectivity index (χ4v) is 1.63. The van der Waals surface area contributed by atoms with Gasteiger partial charge in [-0.1, -0.05) is 11.6 Å². The average molecular weight is 255 g/mol. The summed E-state index contributed by atoms with van der Waals surface area (Å²) in [6.07, 6.45) is 1.53. The first-order chi connectivity index (χ1) is 8.74. The van der Waals surface area contributed by atoms with Crippen LogP contribution in [0, 0.1) is 22.7 Å². The predicted octanol–water partition coefficient (Wildman–Crippen LogP) is 3.22. The molecule has 0 saturated heterocycles. The second kappa shape index (κ2) is 5.18. The van der Waals surface area contributed by atoms with Crippen LogP contribution in [0.1, 0.15) is 11.3 Å². The number of rotatable bonds is 2. The zero-order valence-corrected chi connectivity index (χ0v) is 9.94. The Morgan fingerprint density at radius 2 is 1.94 bits per heavy atom. The fraction of sp³-hybridized carbons (Fsp3) is 0. The van der Waals surface area contributed by atoms with E-state index in [0.29, 0.717) is 22.0 Å². The topological polar surface area (TPSA) is 72.5 Å². The molecule has 0 spiro atoms. The Kier molecular flexibility index (Phi) is 3.43. The van der Waals surface area contributed by atoms with Crippen LogP contribution in [0.5, 0.6) is 0 Å². The van der Waals surface area contributed by atoms with Crippen molar-refractivity contribution in [1.82, 2.24) is 4.98 Å². The van der Waals surface area contributed by atoms with Gasteiger partial charge in [0.2, 0.25) is 0 Å². The van der Waals surface area contributed by atoms with Crippen LogP contribution in [0.2, 0.25) is 5.02 Å². The van der Waals surface area contributed by atoms with Crippen LogP contribution in [-0.4, -0.2) is 4.98 Å². The average Bonchev–Trinajstić information content (AvgIpc) is 2.40. The van der Waals surface area contributed by atoms with E-state index in [-0.39, 0.29) is 5.69 Å². The molecular weight excluding hydrogens is 248 g/mol. The van der Waals surface area contributed by atoms with E-state index in [1.807, 2.05) is 6.07 Å². The van der Waals surface area contributed by atoms with Gasteiger partial charge >= 0.3 is 0 Å². The maximum Gasteiger partial charge on any atom is 0.163 e. The number of halogens is 1. The zero-order chi connectivity index (χ0) is 13.0. The van der Waals surface area contributed by atoms with Crippen LogP contribution in [0.15, 0.2) is 36.5 Å². The second-order valence-electron chi connectivity index (χ2n) is 3.44. The van der Waals surface area contributed by atoms with Gasteiger partial charge in [-0.05, 0) is 30.3 Å². The number of hydrogen-bond donors (Lipinski definition) is 1. The standard InChI is InChI=1S/C13H7ClN4/c14-10-4-3-9(7-15)12(6-10)18-11-2-1-5-17-13(11)8-16/h1-6,18H. The lowest BCUT2D eigenvalue weighted by Gasteiger charge is -2.09. The van der Waals surface area contributed by atoms with E-state index in [9.17, 15) is 0 Å². The van der Waals surface area contributed by atoms with Gasteiger partial charge in [0.25, 0.3) is 0 Å². The lowest BCUT2D eigenvalue weighted by atomic mass is 10.2. The van der Waals surface area contributed by atoms with Gasteiger partial charge in [0.15, 0.2) is 5.69 Å². The molecule has 0 radical (unpaired) electrons. The van der Waals surface area contributed by atoms with Crippen molar-refractivity contribution in [2.75, 3.05) is 5.32 Å². The molecule has 0 bridgehead atoms. The van der Waals surface area contributed by atoms with Crippen molar-refractivity contribution in [3.8, 4) is 12.1 Å². The molecule has 0 aliphatic rings. The highest BCUT2D eigenvalue weighted by atomic mass is 35.5. The van der Waals surface area contributed by atoms with Gasteiger partial charge in [0.05, 0.1) is 16.9 Å². The van der Waals surface area contributed by atoms with Gasteiger partial charge in [-0.2, -0.15) is 10.5 Å². The van der Waals surface area contributed by atoms with Crippen molar-refractivity contribution in [1.29, 1.82) is 10.5 Å². The molecule has 1 N–H and O–H groups in total. The summed E-state index contributed by atoms with van der Waals surface area (Å²) in [4.78, 5) is 3.93. The van der Waals surface area contributed by atoms with Crippen molar-refractivity contribution in [3.05, 3.63) is 52.8 Å². The fourth-order valence-electron chi connectivity index (χ4n) is 1.46. The maximum absolute atomic E-state index is 9.00. The monoisotopic (exact) mass is 254 g/mol. The largest absolute Gasteiger partial charge is 0.352 e. The van der Waals surface area contributed by atoms with Crippen LogP contribution in [-0.2, 0) is 0 Å². The number of anilines is 2. The highest BCUT2D eigenvalue weighted by molar-refractivity contribution is 6.30. The summed E-state index contributed by atoms with van der Waals surface area (Å²) < 4.78 is 0. The van der Waals surface area contributed by atoms with E-state index in [2.05, 4.69) is 16.4 Å². The summed E-state index contributed by atoms with van der Waals surface area (Å²) in [5, 5.41) is 21.4. The number of hydrogen-bond acceptors (Lipinski definition) is 4. The van der Waals surface area contributed by atoms with Gasteiger partial charge in [-0.3, -0.25) is 0 Å². The number of nitrogens with one attached hydrogen (secondary N) is 1. The summed E-state index contributed by atoms with van der Waals surface area (Å²) in [5.74, 6) is 0. The Balaban J connectivity index is 2.44. The summed E-state index contributed by atoms with van der Waals surface area (Å²) in [6, 6.07) is 12.3. The molecular formula is C13H7ClN4. The molecule has 0 unspecified atom stereocenters. The molecule has 1 heterocycles. The number of nitriles is 2. The Labute approximate surface area is 109 Å². The predicted molar refractivity (Wildman–Crippen MR) is 68.4 cm³/mol. The van der Waals surface area contributed by atoms with Gasteiger partial charge in [-0.15, -0.1) is 0 Å². The molecule has 0 aliphatic heterocycles. The first kappa shape index (κ1) is 11.9. The molecule has 1 aromatic heterocycles. The van der Waals surface area contributed by atoms with Gasteiger partial charge in [0.1, 0.15) is 12.1 Å². The van der Waals surface area contributed by atoms with Crippen LogP contribution in [0.4, 0.5) is 11.4 Å². The number of benzene rings is 1. The Morgan fingerprint density at radius 3 is 2.67 bits per heavy atom. The molecule has 0 aliphatic carbocycles. The van der Waals surface area contributed by atoms with Crippen LogP contribution in [0.25, 0.3) is 0 Å². The normalized spacial score (nSPS) is 9.28. The highest BCUT2D eigenvalue weighted by Crippen LogP contribution is 2.25. The van der Waals surface area contributed by atoms with Crippen molar-refractivity contribution >= 4 is 23.0 Å². The quantitative estimate of drug-likeness (QED) is 0.893. The smallest absolute Gasteiger partial charge is 0.163 e. The van der Waals surface area contributed by atoms with E-state index in [1.165, 1.54) is 6.20 Å². The molecule has 2 rings (SSSR count). The summed E-state index contributed by atoms with van der Waals surface area (Å²) in [5.41, 5.74) is 1.81. The van der Waals surface area contributed by atoms with Crippen molar-refractivity contribution in [2.45, 2.75) is 0 Å². The van der Waals surface area contributed by atoms with Crippen LogP contribution in [0.3, 0.4) is 0 Å². The zero-order valence-electron chi connectivity index (χ0n) is 9.18. The van der Waals surface area contributed by atoms with Gasteiger partial charge in [0, 0.05) is 11.2 Å². The molecule has 0 atom stereocenters. The summed E-state index contributed by atoms with van der Waals surface area (Å²) in [7, 11) is 0. The Morgan fingerprint density at radius 1 is 1.11 bits per heavy atom. The van der Waals surface area contributed by atoms with Crippen LogP contribution < -0.4 is 5.32 Å². The van der Waals surface area contributed by atoms with Gasteiger partial charge in [-0.25, -0.2) is 4.98 Å². The second-order valence-corrected chi connectivity index (χ2v) is 3.87. The van der Waals surface area contributed by atoms with E-state index in [1.54, 1.807) is 30.3 Å². The molecule has 0 amide bonds. The molecule has 5 heteroatoms. The van der Waals surface area contributed by atoms with Gasteiger partial charge < -0.3 is 5.32 Å². The third-order valence-corrected chi connectivity index (χ3v) is 2.52. The van der Waals surface area contributed by atoms with E-state index in [4.69, 9.17) is 22.1 Å². The Hall–Kier alpha value is -2.56. The van der Waals surface area contributed by atoms with Crippen molar-refractivity contribution < 1.29 is 0 Å². The van der Waals surface area contributed by atoms with E-state index >= 15 is 0 Å². The first-order valence-corrected chi connectivity index (χ1v) is 5.44. The molecule has 0 saturated carbocycles. The van der Waals surface area contributed by atoms with Crippen molar-refractivity contribution in [3.63, 3.8) is 0 Å². The number of pyridine rings is 1. The number of aromatic nitrogens is 1.